The number of hydrogen-bond acceptors (Lipinski definition) is 4. The number of methoxy groups -OCH3 is 1. The second-order valence-electron chi connectivity index (χ2n) is 3.03. The van der Waals surface area contributed by atoms with Crippen LogP contribution in [-0.2, 0) is 11.3 Å². The lowest BCUT2D eigenvalue weighted by molar-refractivity contribution is 0.199. The Bertz CT molecular complexity index is 213. The first-order chi connectivity index (χ1) is 6.93. The summed E-state index contributed by atoms with van der Waals surface area (Å²) >= 11 is 0. The molecule has 0 aromatic carbocycles. The lowest BCUT2D eigenvalue weighted by Crippen LogP contribution is -2.29. The van der Waals surface area contributed by atoms with Crippen LogP contribution in [0.5, 0.6) is 0 Å². The first kappa shape index (κ1) is 11.2. The number of ether oxygens (including phenoxy) is 1. The maximum atomic E-state index is 4.91. The van der Waals surface area contributed by atoms with E-state index in [2.05, 4.69) is 20.8 Å². The van der Waals surface area contributed by atoms with Crippen molar-refractivity contribution < 1.29 is 4.74 Å². The molecule has 0 aliphatic rings. The minimum absolute atomic E-state index is 0.766. The van der Waals surface area contributed by atoms with Crippen molar-refractivity contribution in [2.75, 3.05) is 33.4 Å². The molecular formula is C9H18N4O. The molecule has 1 rings (SSSR count). The van der Waals surface area contributed by atoms with E-state index in [4.69, 9.17) is 4.74 Å². The molecule has 0 saturated carbocycles. The molecule has 1 heterocycles. The van der Waals surface area contributed by atoms with Gasteiger partial charge in [-0.1, -0.05) is 0 Å². The zero-order valence-corrected chi connectivity index (χ0v) is 8.55. The van der Waals surface area contributed by atoms with Gasteiger partial charge in [-0.25, -0.2) is 0 Å². The van der Waals surface area contributed by atoms with Gasteiger partial charge in [-0.05, 0) is 0 Å². The maximum absolute atomic E-state index is 4.91. The molecule has 0 amide bonds. The van der Waals surface area contributed by atoms with Crippen molar-refractivity contribution in [3.63, 3.8) is 0 Å². The molecule has 0 saturated heterocycles. The number of rotatable bonds is 8. The largest absolute Gasteiger partial charge is 0.383 e. The molecule has 5 nitrogen and oxygen atoms in total. The summed E-state index contributed by atoms with van der Waals surface area (Å²) in [5.74, 6) is 0. The summed E-state index contributed by atoms with van der Waals surface area (Å²) < 4.78 is 4.91. The molecule has 0 spiro atoms. The Morgan fingerprint density at radius 1 is 1.36 bits per heavy atom. The fourth-order valence-electron chi connectivity index (χ4n) is 1.08. The van der Waals surface area contributed by atoms with Crippen molar-refractivity contribution in [2.45, 2.75) is 6.54 Å². The van der Waals surface area contributed by atoms with E-state index in [-0.39, 0.29) is 0 Å². The smallest absolute Gasteiger partial charge is 0.0587 e. The number of aromatic nitrogens is 2. The van der Waals surface area contributed by atoms with Crippen LogP contribution >= 0.6 is 0 Å². The Hall–Kier alpha value is -0.910. The molecule has 1 aromatic heterocycles. The Kier molecular flexibility index (Phi) is 5.97. The predicted octanol–water partition coefficient (Wildman–Crippen LogP) is -0.265. The minimum atomic E-state index is 0.766. The van der Waals surface area contributed by atoms with Crippen LogP contribution in [0.1, 0.15) is 5.56 Å². The SMILES string of the molecule is COCCNCCNCc1cn[nH]c1. The lowest BCUT2D eigenvalue weighted by atomic mass is 10.3. The molecule has 3 N–H and O–H groups in total. The second kappa shape index (κ2) is 7.49. The van der Waals surface area contributed by atoms with Crippen LogP contribution in [0.15, 0.2) is 12.4 Å². The third kappa shape index (κ3) is 4.96. The second-order valence-corrected chi connectivity index (χ2v) is 3.03. The van der Waals surface area contributed by atoms with Crippen LogP contribution in [0.25, 0.3) is 0 Å². The van der Waals surface area contributed by atoms with Gasteiger partial charge in [-0.3, -0.25) is 5.10 Å². The molecule has 0 atom stereocenters. The highest BCUT2D eigenvalue weighted by molar-refractivity contribution is 5.01. The van der Waals surface area contributed by atoms with E-state index in [1.54, 1.807) is 7.11 Å². The standard InChI is InChI=1S/C9H18N4O/c1-14-5-4-10-2-3-11-6-9-7-12-13-8-9/h7-8,10-11H,2-6H2,1H3,(H,12,13). The molecule has 14 heavy (non-hydrogen) atoms. The Morgan fingerprint density at radius 3 is 2.93 bits per heavy atom. The van der Waals surface area contributed by atoms with E-state index in [0.29, 0.717) is 0 Å². The van der Waals surface area contributed by atoms with Gasteiger partial charge >= 0.3 is 0 Å². The van der Waals surface area contributed by atoms with Gasteiger partial charge in [0.2, 0.25) is 0 Å². The van der Waals surface area contributed by atoms with Gasteiger partial charge in [-0.2, -0.15) is 5.10 Å². The molecule has 0 fully saturated rings. The number of aromatic amines is 1. The average molecular weight is 198 g/mol. The Morgan fingerprint density at radius 2 is 2.21 bits per heavy atom. The van der Waals surface area contributed by atoms with E-state index >= 15 is 0 Å². The van der Waals surface area contributed by atoms with Gasteiger partial charge in [0.05, 0.1) is 12.8 Å². The van der Waals surface area contributed by atoms with E-state index < -0.39 is 0 Å². The lowest BCUT2D eigenvalue weighted by Gasteiger charge is -2.04. The van der Waals surface area contributed by atoms with Crippen molar-refractivity contribution in [1.82, 2.24) is 20.8 Å². The van der Waals surface area contributed by atoms with Crippen molar-refractivity contribution in [3.05, 3.63) is 18.0 Å². The van der Waals surface area contributed by atoms with E-state index in [1.165, 1.54) is 5.56 Å². The highest BCUT2D eigenvalue weighted by atomic mass is 16.5. The van der Waals surface area contributed by atoms with Gasteiger partial charge < -0.3 is 15.4 Å². The molecule has 0 bridgehead atoms. The maximum Gasteiger partial charge on any atom is 0.0587 e. The van der Waals surface area contributed by atoms with E-state index in [0.717, 1.165) is 32.8 Å². The molecule has 0 aliphatic carbocycles. The molecule has 80 valence electrons. The quantitative estimate of drug-likeness (QED) is 0.503. The van der Waals surface area contributed by atoms with Crippen LogP contribution in [0.3, 0.4) is 0 Å². The number of hydrogen-bond donors (Lipinski definition) is 3. The highest BCUT2D eigenvalue weighted by Gasteiger charge is 1.92. The van der Waals surface area contributed by atoms with Crippen LogP contribution in [-0.4, -0.2) is 43.5 Å². The van der Waals surface area contributed by atoms with Gasteiger partial charge in [0.15, 0.2) is 0 Å². The number of nitrogens with zero attached hydrogens (tertiary/aromatic N) is 1. The van der Waals surface area contributed by atoms with Crippen LogP contribution in [0, 0.1) is 0 Å². The molecule has 0 unspecified atom stereocenters. The van der Waals surface area contributed by atoms with Crippen molar-refractivity contribution >= 4 is 0 Å². The third-order valence-electron chi connectivity index (χ3n) is 1.85. The molecule has 0 aliphatic heterocycles. The molecule has 5 heteroatoms. The normalized spacial score (nSPS) is 10.6. The molecule has 1 aromatic rings. The van der Waals surface area contributed by atoms with Gasteiger partial charge in [0, 0.05) is 45.0 Å². The average Bonchev–Trinajstić information content (AvgIpc) is 2.69. The van der Waals surface area contributed by atoms with Crippen molar-refractivity contribution in [2.24, 2.45) is 0 Å². The Labute approximate surface area is 84.2 Å². The third-order valence-corrected chi connectivity index (χ3v) is 1.85. The fraction of sp³-hybridized carbons (Fsp3) is 0.667. The first-order valence-electron chi connectivity index (χ1n) is 4.81. The van der Waals surface area contributed by atoms with Crippen molar-refractivity contribution in [3.8, 4) is 0 Å². The first-order valence-corrected chi connectivity index (χ1v) is 4.81. The van der Waals surface area contributed by atoms with Crippen LogP contribution in [0.2, 0.25) is 0 Å². The van der Waals surface area contributed by atoms with E-state index in [1.807, 2.05) is 12.4 Å². The fourth-order valence-corrected chi connectivity index (χ4v) is 1.08. The molecular weight excluding hydrogens is 180 g/mol. The number of nitrogens with one attached hydrogen (secondary N) is 3. The minimum Gasteiger partial charge on any atom is -0.383 e. The summed E-state index contributed by atoms with van der Waals surface area (Å²) in [5.41, 5.74) is 1.18. The van der Waals surface area contributed by atoms with E-state index in [9.17, 15) is 0 Å². The van der Waals surface area contributed by atoms with Crippen LogP contribution < -0.4 is 10.6 Å². The zero-order valence-electron chi connectivity index (χ0n) is 8.55. The van der Waals surface area contributed by atoms with Gasteiger partial charge in [0.25, 0.3) is 0 Å². The topological polar surface area (TPSA) is 62.0 Å². The highest BCUT2D eigenvalue weighted by Crippen LogP contribution is 1.90. The monoisotopic (exact) mass is 198 g/mol. The number of H-pyrrole nitrogens is 1. The van der Waals surface area contributed by atoms with Crippen LogP contribution in [0.4, 0.5) is 0 Å². The predicted molar refractivity (Wildman–Crippen MR) is 55.0 cm³/mol. The summed E-state index contributed by atoms with van der Waals surface area (Å²) in [7, 11) is 1.71. The summed E-state index contributed by atoms with van der Waals surface area (Å²) in [5, 5.41) is 13.2. The molecule has 0 radical (unpaired) electrons. The van der Waals surface area contributed by atoms with Gasteiger partial charge in [-0.15, -0.1) is 0 Å². The Balaban J connectivity index is 1.85. The summed E-state index contributed by atoms with van der Waals surface area (Å²) in [6, 6.07) is 0. The zero-order chi connectivity index (χ0) is 10.1. The summed E-state index contributed by atoms with van der Waals surface area (Å²) in [6.45, 7) is 4.45. The summed E-state index contributed by atoms with van der Waals surface area (Å²) in [6.07, 6.45) is 3.72. The summed E-state index contributed by atoms with van der Waals surface area (Å²) in [4.78, 5) is 0. The van der Waals surface area contributed by atoms with Crippen molar-refractivity contribution in [1.29, 1.82) is 0 Å². The van der Waals surface area contributed by atoms with Gasteiger partial charge in [0.1, 0.15) is 0 Å².